The van der Waals surface area contributed by atoms with Gasteiger partial charge in [-0.1, -0.05) is 0 Å². The van der Waals surface area contributed by atoms with Crippen LogP contribution in [0.2, 0.25) is 78.6 Å². The van der Waals surface area contributed by atoms with Gasteiger partial charge in [0.1, 0.15) is 0 Å². The number of nitrogens with zero attached hydrogens (tertiary/aromatic N) is 1. The molecule has 11 heteroatoms. The Morgan fingerprint density at radius 1 is 0.581 bits per heavy atom. The zero-order chi connectivity index (χ0) is 24.7. The third-order valence-electron chi connectivity index (χ3n) is 5.67. The average molecular weight is 700 g/mol. The van der Waals surface area contributed by atoms with Crippen LogP contribution in [0.3, 0.4) is 0 Å². The Balaban J connectivity index is 4.19. The third kappa shape index (κ3) is 8.09. The number of rotatable bonds is 9. The minimum atomic E-state index is -2.36. The number of halogens is 4. The van der Waals surface area contributed by atoms with Crippen molar-refractivity contribution in [2.75, 3.05) is 2.73 Å². The fourth-order valence-electron chi connectivity index (χ4n) is 5.94. The van der Waals surface area contributed by atoms with Gasteiger partial charge in [-0.05, 0) is 0 Å². The van der Waals surface area contributed by atoms with Crippen LogP contribution in [0, 0.1) is 0 Å². The molecule has 0 amide bonds. The summed E-state index contributed by atoms with van der Waals surface area (Å²) < 4.78 is 2.14. The van der Waals surface area contributed by atoms with E-state index in [2.05, 4.69) is 99.5 Å². The normalized spacial score (nSPS) is 14.3. The van der Waals surface area contributed by atoms with Crippen LogP contribution in [-0.4, -0.2) is 58.3 Å². The van der Waals surface area contributed by atoms with Gasteiger partial charge in [0.15, 0.2) is 0 Å². The Morgan fingerprint density at radius 2 is 0.839 bits per heavy atom. The van der Waals surface area contributed by atoms with Crippen LogP contribution < -0.4 is 2.73 Å². The van der Waals surface area contributed by atoms with E-state index in [1.807, 2.05) is 0 Å². The summed E-state index contributed by atoms with van der Waals surface area (Å²) in [6.45, 7) is 30.0. The number of para-hydroxylation sites is 1. The summed E-state index contributed by atoms with van der Waals surface area (Å²) in [4.78, 5) is 0. The summed E-state index contributed by atoms with van der Waals surface area (Å²) in [5, 5.41) is 1.15. The van der Waals surface area contributed by atoms with Crippen molar-refractivity contribution in [1.29, 1.82) is 0 Å². The molecule has 1 rings (SSSR count). The van der Waals surface area contributed by atoms with Crippen LogP contribution in [0.5, 0.6) is 0 Å². The quantitative estimate of drug-likeness (QED) is 0.233. The summed E-state index contributed by atoms with van der Waals surface area (Å²) >= 11 is -4.72. The van der Waals surface area contributed by atoms with Gasteiger partial charge in [-0.15, -0.1) is 0 Å². The molecule has 0 aliphatic carbocycles. The number of benzene rings is 1. The molecule has 0 bridgehead atoms. The van der Waals surface area contributed by atoms with Crippen LogP contribution in [0.1, 0.15) is 21.5 Å². The molecule has 0 saturated heterocycles. The molecule has 31 heavy (non-hydrogen) atoms. The first-order valence-electron chi connectivity index (χ1n) is 10.8. The van der Waals surface area contributed by atoms with E-state index < -0.39 is 58.3 Å². The van der Waals surface area contributed by atoms with Crippen LogP contribution in [0.25, 0.3) is 0 Å². The van der Waals surface area contributed by atoms with Gasteiger partial charge in [0.2, 0.25) is 0 Å². The van der Waals surface area contributed by atoms with Crippen molar-refractivity contribution in [3.63, 3.8) is 0 Å². The fraction of sp³-hybridized carbons (Fsp3) is 0.700. The van der Waals surface area contributed by atoms with E-state index in [-0.39, 0.29) is 0 Å². The van der Waals surface area contributed by atoms with E-state index in [0.29, 0.717) is 10.3 Å². The summed E-state index contributed by atoms with van der Waals surface area (Å²) in [5.41, 5.74) is 4.10. The Hall–Kier alpha value is 2.16. The maximum absolute atomic E-state index is 6.73. The van der Waals surface area contributed by atoms with Crippen LogP contribution >= 0.6 is 39.8 Å². The Kier molecular flexibility index (Phi) is 11.1. The second-order valence-electron chi connectivity index (χ2n) is 12.8. The molecule has 0 aliphatic heterocycles. The first kappa shape index (κ1) is 31.2. The molecule has 180 valence electrons. The molecule has 0 unspecified atom stereocenters. The fourth-order valence-corrected chi connectivity index (χ4v) is 46.9. The molecule has 1 aromatic rings. The van der Waals surface area contributed by atoms with Crippen molar-refractivity contribution >= 4 is 104 Å². The van der Waals surface area contributed by atoms with Gasteiger partial charge < -0.3 is 0 Å². The molecule has 0 fully saturated rings. The third-order valence-corrected chi connectivity index (χ3v) is 38.1. The molecular formula is C20H41As2Cl4NSi4. The molecule has 0 atom stereocenters. The van der Waals surface area contributed by atoms with Crippen LogP contribution in [0.15, 0.2) is 18.2 Å². The van der Waals surface area contributed by atoms with Gasteiger partial charge in [-0.25, -0.2) is 0 Å². The molecular weight excluding hydrogens is 658 g/mol. The van der Waals surface area contributed by atoms with Crippen molar-refractivity contribution in [2.45, 2.75) is 88.9 Å². The Bertz CT molecular complexity index is 667. The number of hydrogen-bond donors (Lipinski definition) is 0. The van der Waals surface area contributed by atoms with Crippen molar-refractivity contribution in [2.24, 2.45) is 0 Å². The summed E-state index contributed by atoms with van der Waals surface area (Å²) in [6, 6.07) is 6.97. The van der Waals surface area contributed by atoms with Crippen LogP contribution in [0.4, 0.5) is 5.69 Å². The molecule has 0 N–H and O–H groups in total. The van der Waals surface area contributed by atoms with Gasteiger partial charge >= 0.3 is 225 Å². The second-order valence-corrected chi connectivity index (χ2v) is 48.7. The number of anilines is 1. The van der Waals surface area contributed by atoms with E-state index in [4.69, 9.17) is 39.8 Å². The molecule has 0 aromatic heterocycles. The topological polar surface area (TPSA) is 3.24 Å². The molecule has 0 spiro atoms. The number of hydrogen-bond acceptors (Lipinski definition) is 1. The van der Waals surface area contributed by atoms with Gasteiger partial charge in [0.05, 0.1) is 0 Å². The standard InChI is InChI=1S/C20H41As2Cl4NSi4/c1-28(2,3)19(29(4,5)6)16-14-13-15-17(18(16)27(21(23)24)22(25)26)20(30(7,8)9)31(10,11)12/h13-15,19-20H,1-12H3. The molecule has 0 radical (unpaired) electrons. The summed E-state index contributed by atoms with van der Waals surface area (Å²) in [5.74, 6) is 0. The molecule has 1 aromatic carbocycles. The summed E-state index contributed by atoms with van der Waals surface area (Å²) in [7, 11) is 20.8. The van der Waals surface area contributed by atoms with Crippen molar-refractivity contribution in [3.05, 3.63) is 29.3 Å². The predicted molar refractivity (Wildman–Crippen MR) is 163 cm³/mol. The van der Waals surface area contributed by atoms with Gasteiger partial charge in [-0.2, -0.15) is 0 Å². The first-order chi connectivity index (χ1) is 13.6. The molecule has 0 saturated carbocycles. The average Bonchev–Trinajstić information content (AvgIpc) is 2.43. The Labute approximate surface area is 222 Å². The zero-order valence-electron chi connectivity index (χ0n) is 21.2. The van der Waals surface area contributed by atoms with Crippen molar-refractivity contribution < 1.29 is 0 Å². The second kappa shape index (κ2) is 11.1. The van der Waals surface area contributed by atoms with Crippen LogP contribution in [-0.2, 0) is 0 Å². The maximum atomic E-state index is 6.73. The van der Waals surface area contributed by atoms with E-state index in [1.54, 1.807) is 0 Å². The molecule has 0 aliphatic rings. The Morgan fingerprint density at radius 3 is 1.03 bits per heavy atom. The predicted octanol–water partition coefficient (Wildman–Crippen LogP) is 9.09. The van der Waals surface area contributed by atoms with E-state index in [9.17, 15) is 0 Å². The van der Waals surface area contributed by atoms with E-state index in [1.165, 1.54) is 16.8 Å². The van der Waals surface area contributed by atoms with E-state index in [0.717, 1.165) is 0 Å². The van der Waals surface area contributed by atoms with Gasteiger partial charge in [0.25, 0.3) is 0 Å². The molecule has 1 nitrogen and oxygen atoms in total. The van der Waals surface area contributed by atoms with Gasteiger partial charge in [-0.3, -0.25) is 0 Å². The summed E-state index contributed by atoms with van der Waals surface area (Å²) in [6.07, 6.45) is 0. The zero-order valence-corrected chi connectivity index (χ0v) is 32.0. The monoisotopic (exact) mass is 697 g/mol. The minimum absolute atomic E-state index is 0.575. The van der Waals surface area contributed by atoms with Crippen molar-refractivity contribution in [1.82, 2.24) is 0 Å². The first-order valence-corrected chi connectivity index (χ1v) is 36.6. The van der Waals surface area contributed by atoms with Crippen molar-refractivity contribution in [3.8, 4) is 0 Å². The van der Waals surface area contributed by atoms with Gasteiger partial charge in [0, 0.05) is 0 Å². The SMILES string of the molecule is C[Si](C)(C)C(c1cccc(C([Si](C)(C)C)[Si](C)(C)C)c1N([As](Cl)Cl)[As](Cl)Cl)[Si](C)(C)C. The van der Waals surface area contributed by atoms with E-state index >= 15 is 0 Å². The molecule has 0 heterocycles.